The van der Waals surface area contributed by atoms with Crippen molar-refractivity contribution in [2.75, 3.05) is 17.2 Å². The van der Waals surface area contributed by atoms with E-state index < -0.39 is 18.2 Å². The van der Waals surface area contributed by atoms with Crippen molar-refractivity contribution in [3.63, 3.8) is 0 Å². The molecule has 1 aliphatic heterocycles. The fraction of sp³-hybridized carbons (Fsp3) is 0.308. The minimum absolute atomic E-state index is 0.0793. The predicted molar refractivity (Wildman–Crippen MR) is 71.8 cm³/mol. The summed E-state index contributed by atoms with van der Waals surface area (Å²) in [4.78, 5) is 36.4. The summed E-state index contributed by atoms with van der Waals surface area (Å²) in [5.41, 5.74) is 1.02. The van der Waals surface area contributed by atoms with Crippen molar-refractivity contribution in [2.24, 2.45) is 0 Å². The molecule has 0 saturated carbocycles. The number of thioether (sulfide) groups is 1. The Morgan fingerprint density at radius 3 is 2.74 bits per heavy atom. The third-order valence-corrected chi connectivity index (χ3v) is 3.88. The number of anilines is 1. The Kier molecular flexibility index (Phi) is 3.90. The Morgan fingerprint density at radius 2 is 2.11 bits per heavy atom. The average Bonchev–Trinajstić information content (AvgIpc) is 2.36. The topological polar surface area (TPSA) is 74.7 Å². The lowest BCUT2D eigenvalue weighted by Gasteiger charge is -2.28. The highest BCUT2D eigenvalue weighted by Gasteiger charge is 2.22. The van der Waals surface area contributed by atoms with Crippen LogP contribution in [0.2, 0.25) is 0 Å². The largest absolute Gasteiger partial charge is 0.481 e. The van der Waals surface area contributed by atoms with Crippen molar-refractivity contribution in [3.05, 3.63) is 23.8 Å². The molecule has 1 aromatic carbocycles. The van der Waals surface area contributed by atoms with Gasteiger partial charge in [-0.25, -0.2) is 0 Å². The number of hydrogen-bond donors (Lipinski definition) is 1. The minimum atomic E-state index is -1.15. The van der Waals surface area contributed by atoms with Crippen LogP contribution >= 0.6 is 11.8 Å². The molecule has 1 heterocycles. The van der Waals surface area contributed by atoms with Crippen LogP contribution < -0.4 is 4.90 Å². The lowest BCUT2D eigenvalue weighted by Crippen LogP contribution is -2.33. The summed E-state index contributed by atoms with van der Waals surface area (Å²) < 4.78 is 0. The normalized spacial score (nSPS) is 13.8. The maximum atomic E-state index is 11.7. The van der Waals surface area contributed by atoms with E-state index in [0.29, 0.717) is 17.8 Å². The van der Waals surface area contributed by atoms with Gasteiger partial charge >= 0.3 is 5.97 Å². The van der Waals surface area contributed by atoms with Gasteiger partial charge in [0.2, 0.25) is 5.91 Å². The van der Waals surface area contributed by atoms with E-state index in [1.54, 1.807) is 34.9 Å². The quantitative estimate of drug-likeness (QED) is 0.674. The molecule has 0 spiro atoms. The second-order valence-electron chi connectivity index (χ2n) is 4.20. The number of hydrogen-bond acceptors (Lipinski definition) is 4. The molecule has 2 rings (SSSR count). The van der Waals surface area contributed by atoms with Crippen molar-refractivity contribution in [2.45, 2.75) is 18.2 Å². The zero-order chi connectivity index (χ0) is 14.0. The van der Waals surface area contributed by atoms with Crippen molar-refractivity contribution >= 4 is 35.1 Å². The molecule has 5 nitrogen and oxygen atoms in total. The Hall–Kier alpha value is -1.82. The van der Waals surface area contributed by atoms with E-state index in [4.69, 9.17) is 5.11 Å². The molecule has 1 aromatic rings. The fourth-order valence-corrected chi connectivity index (χ4v) is 2.93. The molecule has 100 valence electrons. The number of Topliss-reactive ketones (excluding diaryl/α,β-unsaturated/α-hetero) is 1. The summed E-state index contributed by atoms with van der Waals surface area (Å²) in [5.74, 6) is -0.867. The molecule has 0 fully saturated rings. The number of benzene rings is 1. The van der Waals surface area contributed by atoms with Crippen LogP contribution in [-0.2, 0) is 9.59 Å². The first-order chi connectivity index (χ1) is 8.99. The third-order valence-electron chi connectivity index (χ3n) is 2.84. The molecule has 0 saturated heterocycles. The first kappa shape index (κ1) is 13.6. The Morgan fingerprint density at radius 1 is 1.37 bits per heavy atom. The zero-order valence-electron chi connectivity index (χ0n) is 10.4. The highest BCUT2D eigenvalue weighted by atomic mass is 32.2. The van der Waals surface area contributed by atoms with Gasteiger partial charge in [-0.05, 0) is 12.1 Å². The molecule has 1 N–H and O–H groups in total. The predicted octanol–water partition coefficient (Wildman–Crippen LogP) is 1.80. The number of nitrogens with zero attached hydrogens (tertiary/aromatic N) is 1. The molecular formula is C13H13NO4S. The van der Waals surface area contributed by atoms with Crippen LogP contribution in [0, 0.1) is 0 Å². The number of carboxylic acid groups (broad SMARTS) is 1. The number of aliphatic carboxylic acids is 1. The summed E-state index contributed by atoms with van der Waals surface area (Å²) in [6.07, 6.45) is -0.536. The van der Waals surface area contributed by atoms with Crippen LogP contribution in [0.15, 0.2) is 23.1 Å². The van der Waals surface area contributed by atoms with Gasteiger partial charge in [0.15, 0.2) is 5.78 Å². The monoisotopic (exact) mass is 279 g/mol. The van der Waals surface area contributed by atoms with E-state index in [-0.39, 0.29) is 5.91 Å². The lowest BCUT2D eigenvalue weighted by atomic mass is 10.1. The van der Waals surface area contributed by atoms with E-state index in [9.17, 15) is 14.4 Å². The number of carbonyl (C=O) groups excluding carboxylic acids is 2. The van der Waals surface area contributed by atoms with Gasteiger partial charge in [-0.1, -0.05) is 6.07 Å². The van der Waals surface area contributed by atoms with Gasteiger partial charge in [-0.15, -0.1) is 11.8 Å². The summed E-state index contributed by atoms with van der Waals surface area (Å²) in [7, 11) is 0. The molecule has 0 aromatic heterocycles. The van der Waals surface area contributed by atoms with Gasteiger partial charge in [-0.3, -0.25) is 14.4 Å². The first-order valence-electron chi connectivity index (χ1n) is 5.79. The molecule has 0 bridgehead atoms. The number of fused-ring (bicyclic) bond motifs is 1. The third kappa shape index (κ3) is 2.96. The van der Waals surface area contributed by atoms with Gasteiger partial charge in [0.25, 0.3) is 0 Å². The van der Waals surface area contributed by atoms with E-state index in [2.05, 4.69) is 0 Å². The van der Waals surface area contributed by atoms with Crippen LogP contribution in [0.5, 0.6) is 0 Å². The number of carbonyl (C=O) groups is 3. The van der Waals surface area contributed by atoms with Gasteiger partial charge < -0.3 is 10.0 Å². The molecule has 19 heavy (non-hydrogen) atoms. The van der Waals surface area contributed by atoms with Gasteiger partial charge in [0.05, 0.1) is 5.69 Å². The van der Waals surface area contributed by atoms with E-state index in [0.717, 1.165) is 10.6 Å². The Balaban J connectivity index is 2.35. The maximum Gasteiger partial charge on any atom is 0.311 e. The van der Waals surface area contributed by atoms with Gasteiger partial charge in [-0.2, -0.15) is 0 Å². The number of rotatable bonds is 3. The highest BCUT2D eigenvalue weighted by molar-refractivity contribution is 7.99. The van der Waals surface area contributed by atoms with Crippen molar-refractivity contribution in [1.82, 2.24) is 0 Å². The molecular weight excluding hydrogens is 266 g/mol. The zero-order valence-corrected chi connectivity index (χ0v) is 11.2. The Bertz CT molecular complexity index is 556. The van der Waals surface area contributed by atoms with E-state index in [1.807, 2.05) is 0 Å². The van der Waals surface area contributed by atoms with Crippen LogP contribution in [0.3, 0.4) is 0 Å². The molecule has 1 amide bonds. The van der Waals surface area contributed by atoms with Crippen molar-refractivity contribution in [1.29, 1.82) is 0 Å². The summed E-state index contributed by atoms with van der Waals surface area (Å²) in [6.45, 7) is 2.08. The number of ketones is 1. The average molecular weight is 279 g/mol. The molecule has 0 unspecified atom stereocenters. The number of carboxylic acids is 1. The molecule has 0 radical (unpaired) electrons. The minimum Gasteiger partial charge on any atom is -0.481 e. The molecule has 0 aliphatic carbocycles. The SMILES string of the molecule is CC(=O)N1CCSc2ccc(C(=O)CC(=O)O)cc21. The standard InChI is InChI=1S/C13H13NO4S/c1-8(15)14-4-5-19-12-3-2-9(6-10(12)14)11(16)7-13(17)18/h2-3,6H,4-5,7H2,1H3,(H,17,18). The Labute approximate surface area is 114 Å². The fourth-order valence-electron chi connectivity index (χ4n) is 1.96. The summed E-state index contributed by atoms with van der Waals surface area (Å²) >= 11 is 1.62. The molecule has 1 aliphatic rings. The smallest absolute Gasteiger partial charge is 0.311 e. The molecule has 6 heteroatoms. The van der Waals surface area contributed by atoms with Crippen LogP contribution in [0.25, 0.3) is 0 Å². The van der Waals surface area contributed by atoms with Crippen LogP contribution in [-0.4, -0.2) is 35.1 Å². The van der Waals surface area contributed by atoms with Gasteiger partial charge in [0, 0.05) is 29.7 Å². The highest BCUT2D eigenvalue weighted by Crippen LogP contribution is 2.35. The van der Waals surface area contributed by atoms with E-state index >= 15 is 0 Å². The van der Waals surface area contributed by atoms with Gasteiger partial charge in [0.1, 0.15) is 6.42 Å². The van der Waals surface area contributed by atoms with E-state index in [1.165, 1.54) is 6.92 Å². The molecule has 0 atom stereocenters. The first-order valence-corrected chi connectivity index (χ1v) is 6.77. The number of amides is 1. The second kappa shape index (κ2) is 5.44. The lowest BCUT2D eigenvalue weighted by molar-refractivity contribution is -0.135. The van der Waals surface area contributed by atoms with Crippen molar-refractivity contribution in [3.8, 4) is 0 Å². The maximum absolute atomic E-state index is 11.7. The van der Waals surface area contributed by atoms with Crippen molar-refractivity contribution < 1.29 is 19.5 Å². The summed E-state index contributed by atoms with van der Waals surface area (Å²) in [5, 5.41) is 8.63. The summed E-state index contributed by atoms with van der Waals surface area (Å²) in [6, 6.07) is 4.99. The van der Waals surface area contributed by atoms with Crippen LogP contribution in [0.4, 0.5) is 5.69 Å². The second-order valence-corrected chi connectivity index (χ2v) is 5.33. The van der Waals surface area contributed by atoms with Crippen LogP contribution in [0.1, 0.15) is 23.7 Å².